The smallest absolute Gasteiger partial charge is 0.152 e. The lowest BCUT2D eigenvalue weighted by molar-refractivity contribution is -0.123. The Hall–Kier alpha value is -1.20. The van der Waals surface area contributed by atoms with Crippen LogP contribution in [0.25, 0.3) is 0 Å². The largest absolute Gasteiger partial charge is 0.373 e. The summed E-state index contributed by atoms with van der Waals surface area (Å²) in [6, 6.07) is 2.63. The van der Waals surface area contributed by atoms with Crippen molar-refractivity contribution in [2.45, 2.75) is 77.5 Å². The second-order valence-electron chi connectivity index (χ2n) is 7.68. The molecule has 1 aliphatic carbocycles. The Morgan fingerprint density at radius 1 is 1.21 bits per heavy atom. The van der Waals surface area contributed by atoms with E-state index in [4.69, 9.17) is 9.84 Å². The zero-order valence-electron chi connectivity index (χ0n) is 15.3. The van der Waals surface area contributed by atoms with Crippen molar-refractivity contribution in [3.05, 3.63) is 17.5 Å². The van der Waals surface area contributed by atoms with E-state index < -0.39 is 0 Å². The summed E-state index contributed by atoms with van der Waals surface area (Å²) in [5.41, 5.74) is 2.12. The molecular formula is C19H31N3O2. The number of aryl methyl sites for hydroxylation is 1. The van der Waals surface area contributed by atoms with Gasteiger partial charge < -0.3 is 4.74 Å². The minimum atomic E-state index is 0.203. The summed E-state index contributed by atoms with van der Waals surface area (Å²) >= 11 is 0. The lowest BCUT2D eigenvalue weighted by Gasteiger charge is -2.34. The molecule has 1 saturated carbocycles. The topological polar surface area (TPSA) is 47.4 Å². The Kier molecular flexibility index (Phi) is 5.72. The molecule has 2 unspecified atom stereocenters. The number of ether oxygens (including phenoxy) is 1. The molecule has 2 fully saturated rings. The van der Waals surface area contributed by atoms with Crippen LogP contribution in [0.3, 0.4) is 0 Å². The van der Waals surface area contributed by atoms with E-state index in [-0.39, 0.29) is 18.0 Å². The van der Waals surface area contributed by atoms with E-state index in [0.29, 0.717) is 19.0 Å². The number of ketones is 1. The van der Waals surface area contributed by atoms with Crippen LogP contribution in [0.1, 0.15) is 63.4 Å². The van der Waals surface area contributed by atoms with Gasteiger partial charge >= 0.3 is 0 Å². The summed E-state index contributed by atoms with van der Waals surface area (Å²) in [5, 5.41) is 4.75. The molecule has 0 N–H and O–H groups in total. The van der Waals surface area contributed by atoms with Crippen LogP contribution in [0.15, 0.2) is 6.07 Å². The highest BCUT2D eigenvalue weighted by atomic mass is 16.5. The third-order valence-corrected chi connectivity index (χ3v) is 5.17. The van der Waals surface area contributed by atoms with Gasteiger partial charge in [0.05, 0.1) is 36.9 Å². The van der Waals surface area contributed by atoms with Crippen molar-refractivity contribution < 1.29 is 9.53 Å². The number of carbonyl (C=O) groups excluding carboxylic acids is 1. The van der Waals surface area contributed by atoms with Crippen LogP contribution in [0.4, 0.5) is 0 Å². The van der Waals surface area contributed by atoms with Crippen LogP contribution >= 0.6 is 0 Å². The summed E-state index contributed by atoms with van der Waals surface area (Å²) in [6.07, 6.45) is 7.23. The van der Waals surface area contributed by atoms with Crippen LogP contribution in [-0.2, 0) is 16.0 Å². The molecule has 0 radical (unpaired) electrons. The highest BCUT2D eigenvalue weighted by Gasteiger charge is 2.24. The van der Waals surface area contributed by atoms with Gasteiger partial charge in [-0.3, -0.25) is 14.4 Å². The van der Waals surface area contributed by atoms with Crippen molar-refractivity contribution in [2.75, 3.05) is 19.6 Å². The van der Waals surface area contributed by atoms with E-state index in [2.05, 4.69) is 36.4 Å². The van der Waals surface area contributed by atoms with Gasteiger partial charge in [0.25, 0.3) is 0 Å². The van der Waals surface area contributed by atoms with Gasteiger partial charge in [-0.15, -0.1) is 0 Å². The average molecular weight is 333 g/mol. The summed E-state index contributed by atoms with van der Waals surface area (Å²) in [7, 11) is 0. The lowest BCUT2D eigenvalue weighted by atomic mass is 9.95. The van der Waals surface area contributed by atoms with E-state index >= 15 is 0 Å². The van der Waals surface area contributed by atoms with Gasteiger partial charge in [-0.2, -0.15) is 5.10 Å². The molecule has 1 saturated heterocycles. The van der Waals surface area contributed by atoms with Crippen LogP contribution in [0.2, 0.25) is 0 Å². The fraction of sp³-hybridized carbons (Fsp3) is 0.789. The molecule has 24 heavy (non-hydrogen) atoms. The molecule has 0 spiro atoms. The van der Waals surface area contributed by atoms with Crippen molar-refractivity contribution in [1.29, 1.82) is 0 Å². The number of aromatic nitrogens is 2. The summed E-state index contributed by atoms with van der Waals surface area (Å²) < 4.78 is 7.90. The van der Waals surface area contributed by atoms with Crippen molar-refractivity contribution in [1.82, 2.24) is 14.7 Å². The van der Waals surface area contributed by atoms with E-state index in [1.165, 1.54) is 37.8 Å². The molecule has 0 bridgehead atoms. The van der Waals surface area contributed by atoms with E-state index in [1.54, 1.807) is 0 Å². The number of hydrogen-bond acceptors (Lipinski definition) is 4. The minimum Gasteiger partial charge on any atom is -0.373 e. The molecule has 3 rings (SSSR count). The fourth-order valence-corrected chi connectivity index (χ4v) is 4.26. The summed E-state index contributed by atoms with van der Waals surface area (Å²) in [4.78, 5) is 14.7. The Morgan fingerprint density at radius 2 is 1.88 bits per heavy atom. The maximum atomic E-state index is 12.5. The van der Waals surface area contributed by atoms with Gasteiger partial charge in [0.2, 0.25) is 0 Å². The van der Waals surface area contributed by atoms with Gasteiger partial charge in [-0.05, 0) is 39.7 Å². The second-order valence-corrected chi connectivity index (χ2v) is 7.68. The van der Waals surface area contributed by atoms with E-state index in [1.807, 2.05) is 0 Å². The van der Waals surface area contributed by atoms with Crippen molar-refractivity contribution in [3.8, 4) is 0 Å². The van der Waals surface area contributed by atoms with Crippen LogP contribution in [-0.4, -0.2) is 52.3 Å². The van der Waals surface area contributed by atoms with Gasteiger partial charge in [0.15, 0.2) is 5.78 Å². The summed E-state index contributed by atoms with van der Waals surface area (Å²) in [5.74, 6) is 0.254. The van der Waals surface area contributed by atoms with Crippen molar-refractivity contribution in [2.24, 2.45) is 0 Å². The molecule has 2 heterocycles. The van der Waals surface area contributed by atoms with Gasteiger partial charge in [0, 0.05) is 18.8 Å². The first-order valence-electron chi connectivity index (χ1n) is 9.46. The molecule has 1 aliphatic heterocycles. The monoisotopic (exact) mass is 333 g/mol. The Bertz CT molecular complexity index is 553. The minimum absolute atomic E-state index is 0.203. The molecule has 1 aromatic heterocycles. The van der Waals surface area contributed by atoms with Gasteiger partial charge in [-0.25, -0.2) is 0 Å². The number of carbonyl (C=O) groups is 1. The predicted molar refractivity (Wildman–Crippen MR) is 94.2 cm³/mol. The van der Waals surface area contributed by atoms with Crippen molar-refractivity contribution in [3.63, 3.8) is 0 Å². The normalized spacial score (nSPS) is 26.6. The Balaban J connectivity index is 1.56. The molecule has 5 nitrogen and oxygen atoms in total. The first-order valence-corrected chi connectivity index (χ1v) is 9.46. The SMILES string of the molecule is Cc1cc(CC(=O)CN2CC(C)OC(C)C2)nn1C1CCCCC1. The van der Waals surface area contributed by atoms with E-state index in [9.17, 15) is 4.79 Å². The molecule has 134 valence electrons. The zero-order chi connectivity index (χ0) is 17.1. The van der Waals surface area contributed by atoms with E-state index in [0.717, 1.165) is 18.8 Å². The lowest BCUT2D eigenvalue weighted by Crippen LogP contribution is -2.47. The van der Waals surface area contributed by atoms with Crippen LogP contribution in [0, 0.1) is 6.92 Å². The predicted octanol–water partition coefficient (Wildman–Crippen LogP) is 2.92. The van der Waals surface area contributed by atoms with Crippen LogP contribution < -0.4 is 0 Å². The maximum Gasteiger partial charge on any atom is 0.152 e. The highest BCUT2D eigenvalue weighted by Crippen LogP contribution is 2.28. The second kappa shape index (κ2) is 7.79. The Labute approximate surface area is 145 Å². The number of Topliss-reactive ketones (excluding diaryl/α,β-unsaturated/α-hetero) is 1. The third kappa shape index (κ3) is 4.45. The molecule has 2 atom stereocenters. The Morgan fingerprint density at radius 3 is 2.54 bits per heavy atom. The highest BCUT2D eigenvalue weighted by molar-refractivity contribution is 5.82. The van der Waals surface area contributed by atoms with Crippen LogP contribution in [0.5, 0.6) is 0 Å². The standard InChI is InChI=1S/C19H31N3O2/c1-14-9-17(20-22(14)18-7-5-4-6-8-18)10-19(23)13-21-11-15(2)24-16(3)12-21/h9,15-16,18H,4-8,10-13H2,1-3H3. The average Bonchev–Trinajstić information content (AvgIpc) is 2.87. The molecular weight excluding hydrogens is 302 g/mol. The first kappa shape index (κ1) is 17.6. The third-order valence-electron chi connectivity index (χ3n) is 5.17. The molecule has 0 amide bonds. The number of hydrogen-bond donors (Lipinski definition) is 0. The summed E-state index contributed by atoms with van der Waals surface area (Å²) in [6.45, 7) is 8.44. The zero-order valence-corrected chi connectivity index (χ0v) is 15.3. The number of morpholine rings is 1. The number of rotatable bonds is 5. The maximum absolute atomic E-state index is 12.5. The molecule has 1 aromatic rings. The molecule has 2 aliphatic rings. The van der Waals surface area contributed by atoms with Gasteiger partial charge in [0.1, 0.15) is 0 Å². The molecule has 0 aromatic carbocycles. The van der Waals surface area contributed by atoms with Crippen molar-refractivity contribution >= 4 is 5.78 Å². The fourth-order valence-electron chi connectivity index (χ4n) is 4.26. The van der Waals surface area contributed by atoms with Gasteiger partial charge in [-0.1, -0.05) is 19.3 Å². The number of nitrogens with zero attached hydrogens (tertiary/aromatic N) is 3. The first-order chi connectivity index (χ1) is 11.5. The molecule has 5 heteroatoms. The quantitative estimate of drug-likeness (QED) is 0.831.